The van der Waals surface area contributed by atoms with E-state index >= 15 is 0 Å². The van der Waals surface area contributed by atoms with Crippen molar-refractivity contribution in [2.45, 2.75) is 59.6 Å². The standard InChI is InChI=1S/C16H33N3.C15H18N4O.C4H4O2.CH4O/c1-6-9-18(5)13-15(4)19-10-7-16(8-11-19)12-17-14(2)3;1-4-5-8-20-11-14-13(6-7-17-15(14)16-2)12-9-18-19(3)10-12;5-3-1-2-4-6;1-2/h15-16H,6-13H2,1-5H3;4-10H,1,11H2,2-3H3,(H,16,17);1-4H;2H,1H3/b;8-5+;2-1+;. The van der Waals surface area contributed by atoms with Gasteiger partial charge in [-0.05, 0) is 102 Å². The second-order valence-corrected chi connectivity index (χ2v) is 11.2. The molecule has 1 aliphatic rings. The highest BCUT2D eigenvalue weighted by Crippen LogP contribution is 2.28. The number of aliphatic hydroxyl groups is 1. The van der Waals surface area contributed by atoms with Crippen molar-refractivity contribution in [1.82, 2.24) is 24.6 Å². The molecule has 1 fully saturated rings. The molecule has 3 rings (SSSR count). The molecular weight excluding hydrogens is 594 g/mol. The fraction of sp³-hybridized carbons (Fsp3) is 0.528. The number of anilines is 1. The highest BCUT2D eigenvalue weighted by atomic mass is 16.5. The Bertz CT molecular complexity index is 1200. The number of carbonyl (C=O) groups excluding carboxylic acids is 2. The zero-order valence-electron chi connectivity index (χ0n) is 29.9. The number of hydrogen-bond donors (Lipinski definition) is 2. The molecule has 0 spiro atoms. The minimum atomic E-state index is 0.429. The van der Waals surface area contributed by atoms with Gasteiger partial charge < -0.3 is 20.1 Å². The van der Waals surface area contributed by atoms with Gasteiger partial charge in [0.15, 0.2) is 0 Å². The number of aldehydes is 2. The summed E-state index contributed by atoms with van der Waals surface area (Å²) in [7, 11) is 6.98. The van der Waals surface area contributed by atoms with E-state index < -0.39 is 0 Å². The SMILES string of the molecule is C=C/C=C/OCc1c(-c2cnn(C)c2)ccnc1NC.CCCN(C)CC(C)N1CCC(CN=C(C)C)CC1.CO.O=C/C=C/C=O. The lowest BCUT2D eigenvalue weighted by Gasteiger charge is -2.37. The van der Waals surface area contributed by atoms with Gasteiger partial charge in [-0.25, -0.2) is 4.98 Å². The molecule has 1 unspecified atom stereocenters. The first-order chi connectivity index (χ1) is 22.7. The van der Waals surface area contributed by atoms with Gasteiger partial charge in [0.25, 0.3) is 0 Å². The predicted molar refractivity (Wildman–Crippen MR) is 195 cm³/mol. The quantitative estimate of drug-likeness (QED) is 0.0878. The van der Waals surface area contributed by atoms with Crippen LogP contribution >= 0.6 is 0 Å². The van der Waals surface area contributed by atoms with Crippen molar-refractivity contribution in [2.24, 2.45) is 18.0 Å². The van der Waals surface area contributed by atoms with Gasteiger partial charge in [0.05, 0.1) is 12.5 Å². The summed E-state index contributed by atoms with van der Waals surface area (Å²) >= 11 is 0. The molecule has 2 N–H and O–H groups in total. The molecule has 0 bridgehead atoms. The van der Waals surface area contributed by atoms with Gasteiger partial charge in [0, 0.05) is 69.6 Å². The Morgan fingerprint density at radius 2 is 1.87 bits per heavy atom. The van der Waals surface area contributed by atoms with Crippen molar-refractivity contribution in [1.29, 1.82) is 0 Å². The number of nitrogens with one attached hydrogen (secondary N) is 1. The molecular formula is C36H59N7O4. The van der Waals surface area contributed by atoms with E-state index in [1.54, 1.807) is 29.3 Å². The van der Waals surface area contributed by atoms with Crippen LogP contribution in [-0.4, -0.2) is 108 Å². The van der Waals surface area contributed by atoms with E-state index in [0.29, 0.717) is 25.2 Å². The average molecular weight is 654 g/mol. The van der Waals surface area contributed by atoms with Crippen LogP contribution in [0.25, 0.3) is 11.1 Å². The maximum absolute atomic E-state index is 9.32. The van der Waals surface area contributed by atoms with E-state index in [-0.39, 0.29) is 0 Å². The molecule has 0 aromatic carbocycles. The summed E-state index contributed by atoms with van der Waals surface area (Å²) in [6.07, 6.45) is 17.9. The number of carbonyl (C=O) groups is 2. The molecule has 0 aliphatic carbocycles. The van der Waals surface area contributed by atoms with E-state index in [1.165, 1.54) is 51.2 Å². The molecule has 3 heterocycles. The lowest BCUT2D eigenvalue weighted by molar-refractivity contribution is -0.106. The first kappa shape index (κ1) is 43.1. The van der Waals surface area contributed by atoms with Crippen LogP contribution < -0.4 is 5.32 Å². The number of ether oxygens (including phenoxy) is 1. The highest BCUT2D eigenvalue weighted by Gasteiger charge is 2.23. The molecule has 1 saturated heterocycles. The molecule has 11 nitrogen and oxygen atoms in total. The molecule has 11 heteroatoms. The molecule has 0 amide bonds. The van der Waals surface area contributed by atoms with Crippen molar-refractivity contribution in [3.05, 3.63) is 67.4 Å². The Kier molecular flexibility index (Phi) is 24.9. The van der Waals surface area contributed by atoms with Crippen LogP contribution in [-0.2, 0) is 28.0 Å². The van der Waals surface area contributed by atoms with Gasteiger partial charge in [0.2, 0.25) is 0 Å². The molecule has 2 aromatic rings. The monoisotopic (exact) mass is 653 g/mol. The number of likely N-dealkylation sites (tertiary alicyclic amines) is 1. The fourth-order valence-electron chi connectivity index (χ4n) is 4.95. The van der Waals surface area contributed by atoms with Crippen molar-refractivity contribution >= 4 is 24.1 Å². The molecule has 0 radical (unpaired) electrons. The van der Waals surface area contributed by atoms with Gasteiger partial charge in [-0.1, -0.05) is 19.6 Å². The number of aliphatic imine (C=N–C) groups is 1. The molecule has 2 aromatic heterocycles. The van der Waals surface area contributed by atoms with E-state index in [9.17, 15) is 9.59 Å². The topological polar surface area (TPSA) is 125 Å². The first-order valence-electron chi connectivity index (χ1n) is 16.1. The summed E-state index contributed by atoms with van der Waals surface area (Å²) in [4.78, 5) is 32.7. The molecule has 1 atom stereocenters. The summed E-state index contributed by atoms with van der Waals surface area (Å²) in [6, 6.07) is 2.65. The van der Waals surface area contributed by atoms with E-state index in [1.807, 2.05) is 32.6 Å². The number of likely N-dealkylation sites (N-methyl/N-ethyl adjacent to an activating group) is 1. The van der Waals surface area contributed by atoms with Crippen LogP contribution in [0, 0.1) is 5.92 Å². The Labute approximate surface area is 283 Å². The second-order valence-electron chi connectivity index (χ2n) is 11.2. The first-order valence-corrected chi connectivity index (χ1v) is 16.1. The van der Waals surface area contributed by atoms with Crippen LogP contribution in [0.4, 0.5) is 5.82 Å². The lowest BCUT2D eigenvalue weighted by Crippen LogP contribution is -2.45. The number of aromatic nitrogens is 3. The van der Waals surface area contributed by atoms with Crippen molar-refractivity contribution in [3.8, 4) is 11.1 Å². The van der Waals surface area contributed by atoms with Crippen molar-refractivity contribution < 1.29 is 19.4 Å². The van der Waals surface area contributed by atoms with E-state index in [0.717, 1.165) is 54.2 Å². The third-order valence-electron chi connectivity index (χ3n) is 7.23. The van der Waals surface area contributed by atoms with Crippen molar-refractivity contribution in [2.75, 3.05) is 59.2 Å². The Morgan fingerprint density at radius 3 is 2.38 bits per heavy atom. The van der Waals surface area contributed by atoms with Gasteiger partial charge in [-0.3, -0.25) is 24.2 Å². The average Bonchev–Trinajstić information content (AvgIpc) is 3.52. The van der Waals surface area contributed by atoms with Gasteiger partial charge >= 0.3 is 0 Å². The fourth-order valence-corrected chi connectivity index (χ4v) is 4.95. The predicted octanol–water partition coefficient (Wildman–Crippen LogP) is 5.20. The number of aryl methyl sites for hydroxylation is 1. The highest BCUT2D eigenvalue weighted by molar-refractivity contribution is 5.79. The lowest BCUT2D eigenvalue weighted by atomic mass is 9.96. The maximum Gasteiger partial charge on any atom is 0.142 e. The summed E-state index contributed by atoms with van der Waals surface area (Å²) in [5, 5.41) is 14.3. The maximum atomic E-state index is 9.32. The summed E-state index contributed by atoms with van der Waals surface area (Å²) < 4.78 is 7.29. The third-order valence-corrected chi connectivity index (χ3v) is 7.23. The molecule has 262 valence electrons. The normalized spacial score (nSPS) is 13.7. The number of piperidine rings is 1. The molecule has 47 heavy (non-hydrogen) atoms. The van der Waals surface area contributed by atoms with Crippen LogP contribution in [0.5, 0.6) is 0 Å². The Balaban J connectivity index is 0.000000736. The third kappa shape index (κ3) is 18.7. The molecule has 1 aliphatic heterocycles. The Morgan fingerprint density at radius 1 is 1.21 bits per heavy atom. The van der Waals surface area contributed by atoms with E-state index in [4.69, 9.17) is 9.84 Å². The Hall–Kier alpha value is -3.93. The number of rotatable bonds is 15. The second kappa shape index (κ2) is 27.2. The van der Waals surface area contributed by atoms with E-state index in [2.05, 4.69) is 71.5 Å². The summed E-state index contributed by atoms with van der Waals surface area (Å²) in [5.74, 6) is 1.62. The summed E-state index contributed by atoms with van der Waals surface area (Å²) in [6.45, 7) is 18.8. The van der Waals surface area contributed by atoms with Crippen LogP contribution in [0.3, 0.4) is 0 Å². The minimum absolute atomic E-state index is 0.429. The minimum Gasteiger partial charge on any atom is -0.496 e. The zero-order valence-corrected chi connectivity index (χ0v) is 29.9. The van der Waals surface area contributed by atoms with Crippen LogP contribution in [0.15, 0.2) is 66.8 Å². The zero-order chi connectivity index (χ0) is 35.5. The summed E-state index contributed by atoms with van der Waals surface area (Å²) in [5.41, 5.74) is 4.32. The molecule has 0 saturated carbocycles. The van der Waals surface area contributed by atoms with Gasteiger partial charge in [-0.2, -0.15) is 5.10 Å². The van der Waals surface area contributed by atoms with Crippen molar-refractivity contribution in [3.63, 3.8) is 0 Å². The number of pyridine rings is 1. The number of nitrogens with zero attached hydrogens (tertiary/aromatic N) is 6. The number of aliphatic hydroxyl groups excluding tert-OH is 1. The van der Waals surface area contributed by atoms with Gasteiger partial charge in [0.1, 0.15) is 25.0 Å². The number of allylic oxidation sites excluding steroid dienone is 4. The van der Waals surface area contributed by atoms with Crippen LogP contribution in [0.1, 0.15) is 52.5 Å². The van der Waals surface area contributed by atoms with Gasteiger partial charge in [-0.15, -0.1) is 0 Å². The van der Waals surface area contributed by atoms with Crippen LogP contribution in [0.2, 0.25) is 0 Å². The smallest absolute Gasteiger partial charge is 0.142 e. The largest absolute Gasteiger partial charge is 0.496 e. The number of hydrogen-bond acceptors (Lipinski definition) is 10.